The molecule has 0 aliphatic carbocycles. The van der Waals surface area contributed by atoms with E-state index in [2.05, 4.69) is 15.4 Å². The summed E-state index contributed by atoms with van der Waals surface area (Å²) in [6.07, 6.45) is 1.09. The number of anilines is 1. The number of amides is 1. The molecule has 1 aromatic carbocycles. The maximum Gasteiger partial charge on any atom is 0.253 e. The number of carbonyl (C=O) groups excluding carboxylic acids is 1. The first kappa shape index (κ1) is 22.0. The molecule has 0 spiro atoms. The number of hydrogen-bond acceptors (Lipinski definition) is 8. The Hall–Kier alpha value is -2.80. The third-order valence-corrected chi connectivity index (χ3v) is 9.70. The van der Waals surface area contributed by atoms with Gasteiger partial charge in [0.25, 0.3) is 10.0 Å². The average molecular weight is 504 g/mol. The van der Waals surface area contributed by atoms with Crippen LogP contribution in [-0.2, 0) is 14.8 Å². The molecule has 1 N–H and O–H groups in total. The number of fused-ring (bicyclic) bond motifs is 1. The van der Waals surface area contributed by atoms with Gasteiger partial charge in [0.2, 0.25) is 11.0 Å². The number of nitrogens with zero attached hydrogens (tertiary/aromatic N) is 4. The molecule has 1 fully saturated rings. The number of sulfonamides is 1. The molecule has 4 heterocycles. The van der Waals surface area contributed by atoms with Gasteiger partial charge in [-0.25, -0.2) is 13.4 Å². The number of carbonyl (C=O) groups is 1. The molecule has 12 heteroatoms. The van der Waals surface area contributed by atoms with Crippen LogP contribution in [0.15, 0.2) is 46.0 Å². The Labute approximate surface area is 198 Å². The third kappa shape index (κ3) is 4.03. The first-order valence-electron chi connectivity index (χ1n) is 10.2. The van der Waals surface area contributed by atoms with Gasteiger partial charge in [0, 0.05) is 18.7 Å². The highest BCUT2D eigenvalue weighted by atomic mass is 32.2. The minimum atomic E-state index is -3.72. The molecule has 5 rings (SSSR count). The standard InChI is InChI=1S/C21H21N5O4S3/c1-13-11-18(26(24-13)21-22-15-12-14(30-2)7-8-17(15)32-21)23-20(27)16-5-3-9-25(16)33(28,29)19-6-4-10-31-19/h4,6-8,10-12,16H,3,5,9H2,1-2H3,(H,23,27). The highest BCUT2D eigenvalue weighted by molar-refractivity contribution is 7.91. The second-order valence-corrected chi connectivity index (χ2v) is 11.7. The van der Waals surface area contributed by atoms with Gasteiger partial charge >= 0.3 is 0 Å². The number of ether oxygens (including phenoxy) is 1. The lowest BCUT2D eigenvalue weighted by molar-refractivity contribution is -0.119. The number of hydrogen-bond donors (Lipinski definition) is 1. The van der Waals surface area contributed by atoms with Gasteiger partial charge in [-0.1, -0.05) is 17.4 Å². The van der Waals surface area contributed by atoms with Gasteiger partial charge in [-0.05, 0) is 43.3 Å². The van der Waals surface area contributed by atoms with Gasteiger partial charge in [0.15, 0.2) is 0 Å². The number of aromatic nitrogens is 3. The van der Waals surface area contributed by atoms with E-state index >= 15 is 0 Å². The van der Waals surface area contributed by atoms with Gasteiger partial charge in [-0.3, -0.25) is 4.79 Å². The molecule has 4 aromatic rings. The minimum Gasteiger partial charge on any atom is -0.497 e. The monoisotopic (exact) mass is 503 g/mol. The van der Waals surface area contributed by atoms with Crippen molar-refractivity contribution < 1.29 is 17.9 Å². The van der Waals surface area contributed by atoms with Crippen LogP contribution >= 0.6 is 22.7 Å². The van der Waals surface area contributed by atoms with Crippen molar-refractivity contribution in [1.29, 1.82) is 0 Å². The van der Waals surface area contributed by atoms with E-state index in [1.165, 1.54) is 15.6 Å². The molecular formula is C21H21N5O4S3. The molecule has 1 aliphatic rings. The minimum absolute atomic E-state index is 0.244. The van der Waals surface area contributed by atoms with E-state index in [4.69, 9.17) is 4.74 Å². The molecular weight excluding hydrogens is 482 g/mol. The predicted octanol–water partition coefficient (Wildman–Crippen LogP) is 3.65. The van der Waals surface area contributed by atoms with Crippen molar-refractivity contribution >= 4 is 54.6 Å². The van der Waals surface area contributed by atoms with Crippen LogP contribution in [0, 0.1) is 6.92 Å². The van der Waals surface area contributed by atoms with E-state index in [1.54, 1.807) is 35.4 Å². The molecule has 0 saturated carbocycles. The number of thiophene rings is 1. The van der Waals surface area contributed by atoms with Gasteiger partial charge in [0.05, 0.1) is 23.0 Å². The summed E-state index contributed by atoms with van der Waals surface area (Å²) in [5, 5.41) is 9.69. The number of methoxy groups -OCH3 is 1. The molecule has 1 saturated heterocycles. The van der Waals surface area contributed by atoms with Crippen LogP contribution in [-0.4, -0.2) is 53.1 Å². The Bertz CT molecular complexity index is 1430. The molecule has 9 nitrogen and oxygen atoms in total. The topological polar surface area (TPSA) is 106 Å². The largest absolute Gasteiger partial charge is 0.497 e. The lowest BCUT2D eigenvalue weighted by Crippen LogP contribution is -2.43. The highest BCUT2D eigenvalue weighted by Gasteiger charge is 2.40. The molecule has 33 heavy (non-hydrogen) atoms. The third-order valence-electron chi connectivity index (χ3n) is 5.41. The summed E-state index contributed by atoms with van der Waals surface area (Å²) >= 11 is 2.59. The van der Waals surface area contributed by atoms with Gasteiger partial charge in [-0.2, -0.15) is 14.1 Å². The zero-order valence-electron chi connectivity index (χ0n) is 17.9. The van der Waals surface area contributed by atoms with Gasteiger partial charge < -0.3 is 10.1 Å². The van der Waals surface area contributed by atoms with E-state index in [0.29, 0.717) is 41.8 Å². The van der Waals surface area contributed by atoms with Crippen molar-refractivity contribution in [3.63, 3.8) is 0 Å². The molecule has 1 aliphatic heterocycles. The molecule has 3 aromatic heterocycles. The molecule has 1 unspecified atom stereocenters. The van der Waals surface area contributed by atoms with Crippen molar-refractivity contribution in [3.8, 4) is 10.9 Å². The maximum absolute atomic E-state index is 13.2. The fourth-order valence-corrected chi connectivity index (χ4v) is 7.56. The Morgan fingerprint density at radius 1 is 1.27 bits per heavy atom. The first-order valence-corrected chi connectivity index (χ1v) is 13.4. The quantitative estimate of drug-likeness (QED) is 0.430. The number of benzene rings is 1. The second-order valence-electron chi connectivity index (χ2n) is 7.61. The van der Waals surface area contributed by atoms with E-state index in [9.17, 15) is 13.2 Å². The van der Waals surface area contributed by atoms with Crippen LogP contribution in [0.5, 0.6) is 5.75 Å². The Morgan fingerprint density at radius 3 is 2.88 bits per heavy atom. The fourth-order valence-electron chi connectivity index (χ4n) is 3.87. The van der Waals surface area contributed by atoms with E-state index in [0.717, 1.165) is 21.6 Å². The number of rotatable bonds is 6. The normalized spacial score (nSPS) is 17.0. The number of aryl methyl sites for hydroxylation is 1. The van der Waals surface area contributed by atoms with E-state index < -0.39 is 16.1 Å². The highest BCUT2D eigenvalue weighted by Crippen LogP contribution is 2.31. The SMILES string of the molecule is COc1ccc2sc(-n3nc(C)cc3NC(=O)C3CCCN3S(=O)(=O)c3cccs3)nc2c1. The number of thiazole rings is 1. The Kier molecular flexibility index (Phi) is 5.69. The van der Waals surface area contributed by atoms with Crippen LogP contribution in [0.2, 0.25) is 0 Å². The van der Waals surface area contributed by atoms with Crippen molar-refractivity contribution in [2.45, 2.75) is 30.0 Å². The predicted molar refractivity (Wildman–Crippen MR) is 128 cm³/mol. The summed E-state index contributed by atoms with van der Waals surface area (Å²) in [6, 6.07) is 9.86. The summed E-state index contributed by atoms with van der Waals surface area (Å²) in [4.78, 5) is 17.8. The van der Waals surface area contributed by atoms with Crippen LogP contribution in [0.1, 0.15) is 18.5 Å². The van der Waals surface area contributed by atoms with Crippen LogP contribution in [0.4, 0.5) is 5.82 Å². The molecule has 172 valence electrons. The molecule has 1 atom stereocenters. The Morgan fingerprint density at radius 2 is 2.12 bits per heavy atom. The van der Waals surface area contributed by atoms with Gasteiger partial charge in [-0.15, -0.1) is 11.3 Å². The molecule has 1 amide bonds. The van der Waals surface area contributed by atoms with Crippen molar-refractivity contribution in [2.75, 3.05) is 19.0 Å². The lowest BCUT2D eigenvalue weighted by atomic mass is 10.2. The lowest BCUT2D eigenvalue weighted by Gasteiger charge is -2.22. The van der Waals surface area contributed by atoms with Gasteiger partial charge in [0.1, 0.15) is 21.8 Å². The first-order chi connectivity index (χ1) is 15.9. The van der Waals surface area contributed by atoms with Crippen molar-refractivity contribution in [1.82, 2.24) is 19.1 Å². The summed E-state index contributed by atoms with van der Waals surface area (Å²) in [5.74, 6) is 0.776. The molecule has 0 bridgehead atoms. The Balaban J connectivity index is 1.43. The second kappa shape index (κ2) is 8.52. The van der Waals surface area contributed by atoms with Crippen LogP contribution in [0.3, 0.4) is 0 Å². The summed E-state index contributed by atoms with van der Waals surface area (Å²) < 4.78 is 35.4. The van der Waals surface area contributed by atoms with Crippen LogP contribution < -0.4 is 10.1 Å². The van der Waals surface area contributed by atoms with Crippen LogP contribution in [0.25, 0.3) is 15.3 Å². The summed E-state index contributed by atoms with van der Waals surface area (Å²) in [5.41, 5.74) is 1.47. The smallest absolute Gasteiger partial charge is 0.253 e. The average Bonchev–Trinajstić information content (AvgIpc) is 3.59. The summed E-state index contributed by atoms with van der Waals surface area (Å²) in [6.45, 7) is 2.14. The fraction of sp³-hybridized carbons (Fsp3) is 0.286. The number of nitrogens with one attached hydrogen (secondary N) is 1. The van der Waals surface area contributed by atoms with Crippen molar-refractivity contribution in [3.05, 3.63) is 47.5 Å². The zero-order chi connectivity index (χ0) is 23.2. The van der Waals surface area contributed by atoms with E-state index in [1.807, 2.05) is 25.1 Å². The molecule has 0 radical (unpaired) electrons. The zero-order valence-corrected chi connectivity index (χ0v) is 20.3. The van der Waals surface area contributed by atoms with E-state index in [-0.39, 0.29) is 10.1 Å². The van der Waals surface area contributed by atoms with Crippen molar-refractivity contribution in [2.24, 2.45) is 0 Å². The maximum atomic E-state index is 13.2. The summed E-state index contributed by atoms with van der Waals surface area (Å²) in [7, 11) is -2.12.